The third-order valence-corrected chi connectivity index (χ3v) is 6.33. The van der Waals surface area contributed by atoms with E-state index in [0.717, 1.165) is 16.7 Å². The summed E-state index contributed by atoms with van der Waals surface area (Å²) in [4.78, 5) is 15.2. The molecule has 0 bridgehead atoms. The topological polar surface area (TPSA) is 66.5 Å². The Kier molecular flexibility index (Phi) is 8.18. The number of nitrogens with zero attached hydrogens (tertiary/aromatic N) is 1. The fourth-order valence-corrected chi connectivity index (χ4v) is 4.40. The second-order valence-electron chi connectivity index (χ2n) is 8.42. The highest BCUT2D eigenvalue weighted by Gasteiger charge is 2.32. The number of ether oxygens (including phenoxy) is 5. The lowest BCUT2D eigenvalue weighted by Gasteiger charge is -2.37. The van der Waals surface area contributed by atoms with Crippen molar-refractivity contribution in [3.8, 4) is 28.7 Å². The van der Waals surface area contributed by atoms with Crippen molar-refractivity contribution in [3.05, 3.63) is 83.2 Å². The number of hydrogen-bond donors (Lipinski definition) is 0. The van der Waals surface area contributed by atoms with Crippen molar-refractivity contribution in [1.29, 1.82) is 0 Å². The summed E-state index contributed by atoms with van der Waals surface area (Å²) in [5.41, 5.74) is 2.77. The molecule has 0 radical (unpaired) electrons. The summed E-state index contributed by atoms with van der Waals surface area (Å²) in [6.45, 7) is 0.680. The molecule has 0 aromatic heterocycles. The summed E-state index contributed by atoms with van der Waals surface area (Å²) in [7, 11) is 6.31. The molecule has 8 heteroatoms. The average molecular weight is 508 g/mol. The molecule has 0 saturated heterocycles. The van der Waals surface area contributed by atoms with Crippen LogP contribution in [-0.4, -0.2) is 52.4 Å². The molecule has 7 nitrogen and oxygen atoms in total. The van der Waals surface area contributed by atoms with Crippen LogP contribution in [0.3, 0.4) is 0 Å². The molecule has 1 atom stereocenters. The van der Waals surface area contributed by atoms with E-state index in [4.69, 9.17) is 23.7 Å². The summed E-state index contributed by atoms with van der Waals surface area (Å²) >= 11 is 0. The van der Waals surface area contributed by atoms with Crippen LogP contribution in [0.25, 0.3) is 6.08 Å². The number of amides is 1. The first-order chi connectivity index (χ1) is 18.0. The van der Waals surface area contributed by atoms with Crippen LogP contribution in [0, 0.1) is 5.82 Å². The van der Waals surface area contributed by atoms with Crippen LogP contribution in [0.5, 0.6) is 28.7 Å². The minimum absolute atomic E-state index is 0.164. The zero-order valence-corrected chi connectivity index (χ0v) is 21.3. The van der Waals surface area contributed by atoms with Crippen LogP contribution >= 0.6 is 0 Å². The highest BCUT2D eigenvalue weighted by atomic mass is 19.1. The SMILES string of the molecule is COc1ccc(/C=C/C(=O)N2CCc3cc(OC)c(OC)cc3[C@H]2COc2ccc(F)cc2)cc1OC. The van der Waals surface area contributed by atoms with Gasteiger partial charge in [-0.2, -0.15) is 0 Å². The van der Waals surface area contributed by atoms with Gasteiger partial charge in [0.2, 0.25) is 5.91 Å². The lowest BCUT2D eigenvalue weighted by Crippen LogP contribution is -2.41. The number of benzene rings is 3. The number of hydrogen-bond acceptors (Lipinski definition) is 6. The Bertz CT molecular complexity index is 1270. The largest absolute Gasteiger partial charge is 0.493 e. The second kappa shape index (κ2) is 11.7. The summed E-state index contributed by atoms with van der Waals surface area (Å²) in [5.74, 6) is 2.40. The van der Waals surface area contributed by atoms with Crippen LogP contribution in [0.4, 0.5) is 4.39 Å². The molecular formula is C29H30FNO6. The Balaban J connectivity index is 1.63. The first-order valence-electron chi connectivity index (χ1n) is 11.8. The maximum Gasteiger partial charge on any atom is 0.247 e. The van der Waals surface area contributed by atoms with Gasteiger partial charge in [-0.15, -0.1) is 0 Å². The third kappa shape index (κ3) is 5.80. The molecule has 0 spiro atoms. The number of fused-ring (bicyclic) bond motifs is 1. The number of halogens is 1. The maximum absolute atomic E-state index is 13.4. The van der Waals surface area contributed by atoms with E-state index >= 15 is 0 Å². The summed E-state index contributed by atoms with van der Waals surface area (Å²) < 4.78 is 41.0. The van der Waals surface area contributed by atoms with Crippen molar-refractivity contribution in [1.82, 2.24) is 4.90 Å². The Morgan fingerprint density at radius 2 is 1.54 bits per heavy atom. The average Bonchev–Trinajstić information content (AvgIpc) is 2.94. The van der Waals surface area contributed by atoms with Gasteiger partial charge in [0.25, 0.3) is 0 Å². The molecule has 0 fully saturated rings. The standard InChI is InChI=1S/C29H30FNO6/c1-33-25-11-5-19(15-26(25)34-2)6-12-29(32)31-14-13-20-16-27(35-3)28(36-4)17-23(20)24(31)18-37-22-9-7-21(30)8-10-22/h5-12,15-17,24H,13-14,18H2,1-4H3/b12-6+/t24-/m1/s1. The Morgan fingerprint density at radius 3 is 2.22 bits per heavy atom. The minimum atomic E-state index is -0.392. The lowest BCUT2D eigenvalue weighted by atomic mass is 9.92. The molecule has 1 heterocycles. The quantitative estimate of drug-likeness (QED) is 0.377. The lowest BCUT2D eigenvalue weighted by molar-refractivity contribution is -0.129. The molecular weight excluding hydrogens is 477 g/mol. The highest BCUT2D eigenvalue weighted by Crippen LogP contribution is 2.38. The predicted molar refractivity (Wildman–Crippen MR) is 138 cm³/mol. The predicted octanol–water partition coefficient (Wildman–Crippen LogP) is 5.08. The van der Waals surface area contributed by atoms with Gasteiger partial charge in [0, 0.05) is 12.6 Å². The van der Waals surface area contributed by atoms with Crippen molar-refractivity contribution >= 4 is 12.0 Å². The van der Waals surface area contributed by atoms with Crippen LogP contribution in [0.15, 0.2) is 60.7 Å². The molecule has 194 valence electrons. The zero-order valence-electron chi connectivity index (χ0n) is 21.3. The van der Waals surface area contributed by atoms with Gasteiger partial charge in [-0.3, -0.25) is 4.79 Å². The maximum atomic E-state index is 13.4. The number of carbonyl (C=O) groups excluding carboxylic acids is 1. The molecule has 0 N–H and O–H groups in total. The van der Waals surface area contributed by atoms with E-state index in [1.54, 1.807) is 63.7 Å². The van der Waals surface area contributed by atoms with Crippen LogP contribution in [0.2, 0.25) is 0 Å². The smallest absolute Gasteiger partial charge is 0.247 e. The van der Waals surface area contributed by atoms with Gasteiger partial charge in [-0.25, -0.2) is 4.39 Å². The summed E-state index contributed by atoms with van der Waals surface area (Å²) in [6.07, 6.45) is 3.93. The summed E-state index contributed by atoms with van der Waals surface area (Å²) in [6, 6.07) is 14.7. The van der Waals surface area contributed by atoms with E-state index in [1.807, 2.05) is 18.2 Å². The Morgan fingerprint density at radius 1 is 0.892 bits per heavy atom. The van der Waals surface area contributed by atoms with E-state index in [-0.39, 0.29) is 18.3 Å². The van der Waals surface area contributed by atoms with Crippen molar-refractivity contribution in [3.63, 3.8) is 0 Å². The molecule has 0 aliphatic carbocycles. The zero-order chi connectivity index (χ0) is 26.4. The number of methoxy groups -OCH3 is 4. The van der Waals surface area contributed by atoms with Crippen LogP contribution in [-0.2, 0) is 11.2 Å². The van der Waals surface area contributed by atoms with Crippen LogP contribution < -0.4 is 23.7 Å². The molecule has 1 aliphatic heterocycles. The second-order valence-corrected chi connectivity index (χ2v) is 8.42. The van der Waals surface area contributed by atoms with Gasteiger partial charge >= 0.3 is 0 Å². The monoisotopic (exact) mass is 507 g/mol. The van der Waals surface area contributed by atoms with E-state index in [1.165, 1.54) is 18.2 Å². The fraction of sp³-hybridized carbons (Fsp3) is 0.276. The van der Waals surface area contributed by atoms with Crippen molar-refractivity contribution in [2.75, 3.05) is 41.6 Å². The molecule has 0 saturated carbocycles. The highest BCUT2D eigenvalue weighted by molar-refractivity contribution is 5.92. The first-order valence-corrected chi connectivity index (χ1v) is 11.8. The van der Waals surface area contributed by atoms with Gasteiger partial charge < -0.3 is 28.6 Å². The first kappa shape index (κ1) is 25.9. The van der Waals surface area contributed by atoms with Crippen molar-refractivity contribution in [2.24, 2.45) is 0 Å². The van der Waals surface area contributed by atoms with Gasteiger partial charge in [-0.05, 0) is 77.7 Å². The van der Waals surface area contributed by atoms with E-state index in [9.17, 15) is 9.18 Å². The van der Waals surface area contributed by atoms with Gasteiger partial charge in [0.05, 0.1) is 34.5 Å². The van der Waals surface area contributed by atoms with E-state index < -0.39 is 6.04 Å². The van der Waals surface area contributed by atoms with Gasteiger partial charge in [-0.1, -0.05) is 6.07 Å². The molecule has 3 aromatic carbocycles. The van der Waals surface area contributed by atoms with E-state index in [0.29, 0.717) is 41.7 Å². The number of carbonyl (C=O) groups is 1. The Hall–Kier alpha value is -4.20. The summed E-state index contributed by atoms with van der Waals surface area (Å²) in [5, 5.41) is 0. The fourth-order valence-electron chi connectivity index (χ4n) is 4.40. The van der Waals surface area contributed by atoms with Gasteiger partial charge in [0.1, 0.15) is 18.2 Å². The molecule has 3 aromatic rings. The van der Waals surface area contributed by atoms with Gasteiger partial charge in [0.15, 0.2) is 23.0 Å². The molecule has 1 amide bonds. The molecule has 4 rings (SSSR count). The van der Waals surface area contributed by atoms with Crippen LogP contribution in [0.1, 0.15) is 22.7 Å². The van der Waals surface area contributed by atoms with Crippen molar-refractivity contribution < 1.29 is 32.9 Å². The minimum Gasteiger partial charge on any atom is -0.493 e. The third-order valence-electron chi connectivity index (χ3n) is 6.33. The van der Waals surface area contributed by atoms with Crippen molar-refractivity contribution in [2.45, 2.75) is 12.5 Å². The Labute approximate surface area is 216 Å². The molecule has 1 aliphatic rings. The normalized spacial score (nSPS) is 14.7. The number of rotatable bonds is 9. The molecule has 37 heavy (non-hydrogen) atoms. The van der Waals surface area contributed by atoms with E-state index in [2.05, 4.69) is 0 Å². The molecule has 0 unspecified atom stereocenters.